The lowest BCUT2D eigenvalue weighted by atomic mass is 10.2. The molecule has 1 rings (SSSR count). The molecule has 0 atom stereocenters. The zero-order valence-electron chi connectivity index (χ0n) is 10.0. The van der Waals surface area contributed by atoms with Crippen LogP contribution in [0, 0.1) is 10.1 Å². The first kappa shape index (κ1) is 13.2. The fraction of sp³-hybridized carbons (Fsp3) is 0.455. The van der Waals surface area contributed by atoms with Gasteiger partial charge in [0.2, 0.25) is 0 Å². The van der Waals surface area contributed by atoms with Gasteiger partial charge < -0.3 is 15.4 Å². The highest BCUT2D eigenvalue weighted by Crippen LogP contribution is 2.36. The molecule has 0 radical (unpaired) electrons. The van der Waals surface area contributed by atoms with Gasteiger partial charge in [-0.15, -0.1) is 0 Å². The topological polar surface area (TPSA) is 81.6 Å². The van der Waals surface area contributed by atoms with Crippen LogP contribution < -0.4 is 15.4 Å². The second kappa shape index (κ2) is 6.05. The minimum Gasteiger partial charge on any atom is -0.487 e. The lowest BCUT2D eigenvalue weighted by Crippen LogP contribution is -2.25. The van der Waals surface area contributed by atoms with Crippen LogP contribution in [0.25, 0.3) is 0 Å². The molecule has 0 bridgehead atoms. The van der Waals surface area contributed by atoms with Crippen molar-refractivity contribution in [3.05, 3.63) is 28.3 Å². The Bertz CT molecular complexity index is 396. The van der Waals surface area contributed by atoms with Crippen LogP contribution in [0.15, 0.2) is 18.2 Å². The fourth-order valence-electron chi connectivity index (χ4n) is 1.59. The molecular formula is C11H17N3O3. The number of anilines is 1. The largest absolute Gasteiger partial charge is 0.487 e. The first-order valence-electron chi connectivity index (χ1n) is 5.43. The van der Waals surface area contributed by atoms with Crippen molar-refractivity contribution >= 4 is 11.4 Å². The molecular weight excluding hydrogens is 222 g/mol. The Morgan fingerprint density at radius 1 is 1.53 bits per heavy atom. The summed E-state index contributed by atoms with van der Waals surface area (Å²) in [6.45, 7) is 3.17. The second-order valence-electron chi connectivity index (χ2n) is 3.52. The number of hydrogen-bond donors (Lipinski definition) is 1. The smallest absolute Gasteiger partial charge is 0.333 e. The summed E-state index contributed by atoms with van der Waals surface area (Å²) in [4.78, 5) is 12.4. The van der Waals surface area contributed by atoms with E-state index in [1.54, 1.807) is 37.1 Å². The number of nitro groups is 1. The molecule has 0 aliphatic rings. The average Bonchev–Trinajstić information content (AvgIpc) is 2.29. The summed E-state index contributed by atoms with van der Waals surface area (Å²) >= 11 is 0. The number of rotatable bonds is 6. The van der Waals surface area contributed by atoms with Crippen LogP contribution in [-0.2, 0) is 0 Å². The van der Waals surface area contributed by atoms with E-state index in [0.717, 1.165) is 0 Å². The molecule has 0 saturated heterocycles. The minimum atomic E-state index is -0.423. The summed E-state index contributed by atoms with van der Waals surface area (Å²) in [7, 11) is 1.77. The van der Waals surface area contributed by atoms with E-state index in [4.69, 9.17) is 10.5 Å². The van der Waals surface area contributed by atoms with Crippen LogP contribution in [0.3, 0.4) is 0 Å². The van der Waals surface area contributed by atoms with Crippen LogP contribution in [0.1, 0.15) is 6.92 Å². The Morgan fingerprint density at radius 2 is 2.24 bits per heavy atom. The van der Waals surface area contributed by atoms with Crippen LogP contribution >= 0.6 is 0 Å². The van der Waals surface area contributed by atoms with E-state index in [-0.39, 0.29) is 5.69 Å². The number of benzene rings is 1. The predicted molar refractivity (Wildman–Crippen MR) is 66.6 cm³/mol. The molecule has 0 aromatic heterocycles. The molecule has 0 heterocycles. The predicted octanol–water partition coefficient (Wildman–Crippen LogP) is 1.39. The van der Waals surface area contributed by atoms with E-state index >= 15 is 0 Å². The third-order valence-electron chi connectivity index (χ3n) is 2.34. The zero-order valence-corrected chi connectivity index (χ0v) is 10.0. The van der Waals surface area contributed by atoms with E-state index in [9.17, 15) is 10.1 Å². The van der Waals surface area contributed by atoms with Gasteiger partial charge in [-0.1, -0.05) is 6.07 Å². The second-order valence-corrected chi connectivity index (χ2v) is 3.52. The quantitative estimate of drug-likeness (QED) is 0.599. The number of hydrogen-bond acceptors (Lipinski definition) is 5. The number of nitrogens with zero attached hydrogens (tertiary/aromatic N) is 2. The van der Waals surface area contributed by atoms with Crippen molar-refractivity contribution < 1.29 is 9.66 Å². The molecule has 94 valence electrons. The Kier molecular flexibility index (Phi) is 4.71. The van der Waals surface area contributed by atoms with Crippen molar-refractivity contribution in [3.63, 3.8) is 0 Å². The lowest BCUT2D eigenvalue weighted by Gasteiger charge is -2.19. The lowest BCUT2D eigenvalue weighted by molar-refractivity contribution is -0.385. The van der Waals surface area contributed by atoms with Gasteiger partial charge in [-0.2, -0.15) is 0 Å². The number of para-hydroxylation sites is 1. The summed E-state index contributed by atoms with van der Waals surface area (Å²) in [5.41, 5.74) is 5.96. The summed E-state index contributed by atoms with van der Waals surface area (Å²) in [6.07, 6.45) is 0. The highest BCUT2D eigenvalue weighted by molar-refractivity contribution is 5.69. The van der Waals surface area contributed by atoms with Gasteiger partial charge in [0.1, 0.15) is 5.69 Å². The number of nitro benzene ring substituents is 1. The first-order valence-corrected chi connectivity index (χ1v) is 5.43. The number of ether oxygens (including phenoxy) is 1. The summed E-state index contributed by atoms with van der Waals surface area (Å²) in [5.74, 6) is 0.291. The molecule has 6 heteroatoms. The van der Waals surface area contributed by atoms with Gasteiger partial charge in [0.05, 0.1) is 11.5 Å². The number of nitrogens with two attached hydrogens (primary N) is 1. The van der Waals surface area contributed by atoms with Crippen LogP contribution in [-0.4, -0.2) is 31.7 Å². The Hall–Kier alpha value is -1.82. The van der Waals surface area contributed by atoms with Crippen LogP contribution in [0.2, 0.25) is 0 Å². The molecule has 0 spiro atoms. The molecule has 6 nitrogen and oxygen atoms in total. The molecule has 0 unspecified atom stereocenters. The normalized spacial score (nSPS) is 10.1. The van der Waals surface area contributed by atoms with Crippen molar-refractivity contribution in [2.45, 2.75) is 6.92 Å². The van der Waals surface area contributed by atoms with E-state index in [1.165, 1.54) is 0 Å². The van der Waals surface area contributed by atoms with Crippen molar-refractivity contribution in [2.24, 2.45) is 5.73 Å². The van der Waals surface area contributed by atoms with Gasteiger partial charge >= 0.3 is 5.69 Å². The molecule has 17 heavy (non-hydrogen) atoms. The Labute approximate surface area is 100 Å². The minimum absolute atomic E-state index is 0.00898. The molecule has 0 fully saturated rings. The van der Waals surface area contributed by atoms with Gasteiger partial charge in [-0.25, -0.2) is 0 Å². The fourth-order valence-corrected chi connectivity index (χ4v) is 1.59. The van der Waals surface area contributed by atoms with Gasteiger partial charge in [-0.3, -0.25) is 10.1 Å². The van der Waals surface area contributed by atoms with Gasteiger partial charge in [0.25, 0.3) is 0 Å². The maximum Gasteiger partial charge on any atom is 0.333 e. The summed E-state index contributed by atoms with van der Waals surface area (Å²) < 4.78 is 5.27. The molecule has 1 aromatic rings. The summed E-state index contributed by atoms with van der Waals surface area (Å²) in [5, 5.41) is 11.1. The maximum atomic E-state index is 11.1. The first-order chi connectivity index (χ1) is 8.11. The van der Waals surface area contributed by atoms with Gasteiger partial charge in [0, 0.05) is 20.1 Å². The monoisotopic (exact) mass is 239 g/mol. The van der Waals surface area contributed by atoms with Crippen molar-refractivity contribution in [1.82, 2.24) is 0 Å². The van der Waals surface area contributed by atoms with Crippen molar-refractivity contribution in [3.8, 4) is 5.75 Å². The molecule has 1 aromatic carbocycles. The average molecular weight is 239 g/mol. The molecule has 0 amide bonds. The van der Waals surface area contributed by atoms with Gasteiger partial charge in [-0.05, 0) is 19.1 Å². The third-order valence-corrected chi connectivity index (χ3v) is 2.34. The van der Waals surface area contributed by atoms with E-state index in [2.05, 4.69) is 0 Å². The van der Waals surface area contributed by atoms with E-state index in [1.807, 2.05) is 0 Å². The molecule has 0 aliphatic heterocycles. The van der Waals surface area contributed by atoms with Crippen LogP contribution in [0.5, 0.6) is 5.75 Å². The highest BCUT2D eigenvalue weighted by Gasteiger charge is 2.22. The SMILES string of the molecule is CCOc1cccc(N(C)CCN)c1[N+](=O)[O-]. The number of likely N-dealkylation sites (N-methyl/N-ethyl adjacent to an activating group) is 1. The highest BCUT2D eigenvalue weighted by atomic mass is 16.6. The zero-order chi connectivity index (χ0) is 12.8. The van der Waals surface area contributed by atoms with Crippen molar-refractivity contribution in [1.29, 1.82) is 0 Å². The third kappa shape index (κ3) is 3.07. The van der Waals surface area contributed by atoms with Crippen LogP contribution in [0.4, 0.5) is 11.4 Å². The Balaban J connectivity index is 3.19. The van der Waals surface area contributed by atoms with E-state index < -0.39 is 4.92 Å². The standard InChI is InChI=1S/C11H17N3O3/c1-3-17-10-6-4-5-9(11(10)14(15)16)13(2)8-7-12/h4-6H,3,7-8,12H2,1-2H3. The van der Waals surface area contributed by atoms with Crippen molar-refractivity contribution in [2.75, 3.05) is 31.6 Å². The van der Waals surface area contributed by atoms with E-state index in [0.29, 0.717) is 31.1 Å². The molecule has 0 aliphatic carbocycles. The summed E-state index contributed by atoms with van der Waals surface area (Å²) in [6, 6.07) is 5.03. The maximum absolute atomic E-state index is 11.1. The van der Waals surface area contributed by atoms with Gasteiger partial charge in [0.15, 0.2) is 5.75 Å². The molecule has 0 saturated carbocycles. The molecule has 2 N–H and O–H groups in total. The Morgan fingerprint density at radius 3 is 2.76 bits per heavy atom.